The Labute approximate surface area is 193 Å². The van der Waals surface area contributed by atoms with Crippen LogP contribution < -0.4 is 5.73 Å². The van der Waals surface area contributed by atoms with Crippen molar-refractivity contribution >= 4 is 63.8 Å². The summed E-state index contributed by atoms with van der Waals surface area (Å²) in [6.07, 6.45) is 8.78. The third-order valence-corrected chi connectivity index (χ3v) is 11.8. The number of nitrogens with two attached hydrogens (primary N) is 1. The highest BCUT2D eigenvalue weighted by Crippen LogP contribution is 2.28. The Kier molecular flexibility index (Phi) is 8.26. The van der Waals surface area contributed by atoms with Crippen molar-refractivity contribution in [1.82, 2.24) is 18.6 Å². The Morgan fingerprint density at radius 3 is 1.57 bits per heavy atom. The van der Waals surface area contributed by atoms with Crippen LogP contribution in [0.4, 0.5) is 5.13 Å². The molecule has 30 heavy (non-hydrogen) atoms. The van der Waals surface area contributed by atoms with Crippen molar-refractivity contribution in [2.75, 3.05) is 31.9 Å². The maximum Gasteiger partial charge on any atom is 0.254 e. The lowest BCUT2D eigenvalue weighted by atomic mass is 10.2. The number of sulfonamides is 2. The van der Waals surface area contributed by atoms with Crippen LogP contribution >= 0.6 is 38.6 Å². The first kappa shape index (κ1) is 24.0. The minimum absolute atomic E-state index is 0.252. The average Bonchev–Trinajstić information content (AvgIpc) is 3.39. The molecule has 2 N–H and O–H groups in total. The first-order valence-corrected chi connectivity index (χ1v) is 14.8. The molecule has 4 rings (SSSR count). The first-order valence-electron chi connectivity index (χ1n) is 9.54. The molecule has 0 spiro atoms. The largest absolute Gasteiger partial charge is 0.375 e. The number of rotatable bonds is 4. The van der Waals surface area contributed by atoms with E-state index in [1.807, 2.05) is 0 Å². The Bertz CT molecular complexity index is 957. The van der Waals surface area contributed by atoms with Crippen molar-refractivity contribution in [2.24, 2.45) is 0 Å². The van der Waals surface area contributed by atoms with Crippen molar-refractivity contribution in [3.63, 3.8) is 0 Å². The van der Waals surface area contributed by atoms with Crippen LogP contribution in [0.1, 0.15) is 38.5 Å². The van der Waals surface area contributed by atoms with Gasteiger partial charge in [0.15, 0.2) is 17.5 Å². The van der Waals surface area contributed by atoms with E-state index >= 15 is 0 Å². The molecule has 0 saturated carbocycles. The summed E-state index contributed by atoms with van der Waals surface area (Å²) in [5.74, 6) is 0. The summed E-state index contributed by atoms with van der Waals surface area (Å²) in [4.78, 5) is 7.68. The number of anilines is 1. The van der Waals surface area contributed by atoms with Crippen molar-refractivity contribution in [3.05, 3.63) is 16.3 Å². The number of nitrogens with zero attached hydrogens (tertiary/aromatic N) is 4. The zero-order chi connectivity index (χ0) is 21.8. The number of halogens is 1. The molecule has 0 bridgehead atoms. The molecular formula is C16H24BrN5O4S4. The Morgan fingerprint density at radius 1 is 0.767 bits per heavy atom. The quantitative estimate of drug-likeness (QED) is 0.611. The van der Waals surface area contributed by atoms with Gasteiger partial charge in [-0.2, -0.15) is 8.61 Å². The van der Waals surface area contributed by atoms with E-state index in [1.54, 1.807) is 4.31 Å². The summed E-state index contributed by atoms with van der Waals surface area (Å²) in [6, 6.07) is 0. The fourth-order valence-electron chi connectivity index (χ4n) is 3.21. The second kappa shape index (κ2) is 10.3. The molecule has 14 heteroatoms. The van der Waals surface area contributed by atoms with E-state index in [-0.39, 0.29) is 4.21 Å². The lowest BCUT2D eigenvalue weighted by molar-refractivity contribution is 0.347. The van der Waals surface area contributed by atoms with Crippen LogP contribution in [0.5, 0.6) is 0 Å². The van der Waals surface area contributed by atoms with Gasteiger partial charge in [0.05, 0.1) is 12.4 Å². The SMILES string of the molecule is Nc1ncc(S(=O)(=O)N2CCCCC2)s1.O=S(=O)(c1cnc(Br)s1)N1CCCCC1. The maximum atomic E-state index is 12.1. The molecule has 2 aromatic rings. The van der Waals surface area contributed by atoms with Gasteiger partial charge in [0.25, 0.3) is 20.0 Å². The summed E-state index contributed by atoms with van der Waals surface area (Å²) in [6.45, 7) is 2.50. The predicted molar refractivity (Wildman–Crippen MR) is 122 cm³/mol. The van der Waals surface area contributed by atoms with Crippen LogP contribution in [0, 0.1) is 0 Å². The summed E-state index contributed by atoms with van der Waals surface area (Å²) >= 11 is 5.36. The van der Waals surface area contributed by atoms with Gasteiger partial charge in [0.1, 0.15) is 0 Å². The summed E-state index contributed by atoms with van der Waals surface area (Å²) in [5, 5.41) is 0.297. The highest BCUT2D eigenvalue weighted by atomic mass is 79.9. The number of hydrogen-bond acceptors (Lipinski definition) is 9. The molecule has 0 amide bonds. The summed E-state index contributed by atoms with van der Waals surface area (Å²) < 4.78 is 52.5. The Morgan fingerprint density at radius 2 is 1.20 bits per heavy atom. The van der Waals surface area contributed by atoms with Crippen LogP contribution in [0.15, 0.2) is 24.7 Å². The third-order valence-electron chi connectivity index (χ3n) is 4.78. The lowest BCUT2D eigenvalue weighted by Gasteiger charge is -2.24. The third kappa shape index (κ3) is 5.78. The molecule has 2 saturated heterocycles. The minimum Gasteiger partial charge on any atom is -0.375 e. The zero-order valence-electron chi connectivity index (χ0n) is 16.2. The van der Waals surface area contributed by atoms with Gasteiger partial charge in [-0.1, -0.05) is 35.5 Å². The molecule has 168 valence electrons. The second-order valence-electron chi connectivity index (χ2n) is 6.88. The zero-order valence-corrected chi connectivity index (χ0v) is 21.1. The molecule has 2 aliphatic rings. The maximum absolute atomic E-state index is 12.1. The fraction of sp³-hybridized carbons (Fsp3) is 0.625. The molecule has 4 heterocycles. The van der Waals surface area contributed by atoms with E-state index in [1.165, 1.54) is 16.7 Å². The molecule has 0 radical (unpaired) electrons. The van der Waals surface area contributed by atoms with Gasteiger partial charge in [-0.15, -0.1) is 0 Å². The number of hydrogen-bond donors (Lipinski definition) is 1. The topological polar surface area (TPSA) is 127 Å². The Balaban J connectivity index is 0.000000171. The van der Waals surface area contributed by atoms with Crippen LogP contribution in [-0.2, 0) is 20.0 Å². The van der Waals surface area contributed by atoms with Crippen molar-refractivity contribution < 1.29 is 16.8 Å². The van der Waals surface area contributed by atoms with Gasteiger partial charge in [-0.25, -0.2) is 26.8 Å². The van der Waals surface area contributed by atoms with Gasteiger partial charge in [0.2, 0.25) is 0 Å². The van der Waals surface area contributed by atoms with Crippen LogP contribution in [0.3, 0.4) is 0 Å². The lowest BCUT2D eigenvalue weighted by Crippen LogP contribution is -2.35. The molecule has 0 aromatic carbocycles. The second-order valence-corrected chi connectivity index (χ2v) is 14.6. The van der Waals surface area contributed by atoms with E-state index in [2.05, 4.69) is 25.9 Å². The van der Waals surface area contributed by atoms with Crippen LogP contribution in [-0.4, -0.2) is 61.6 Å². The van der Waals surface area contributed by atoms with E-state index in [0.29, 0.717) is 39.4 Å². The van der Waals surface area contributed by atoms with E-state index in [4.69, 9.17) is 5.73 Å². The monoisotopic (exact) mass is 557 g/mol. The van der Waals surface area contributed by atoms with Gasteiger partial charge < -0.3 is 5.73 Å². The Hall–Kier alpha value is -0.640. The van der Waals surface area contributed by atoms with E-state index < -0.39 is 20.0 Å². The summed E-state index contributed by atoms with van der Waals surface area (Å²) in [5.41, 5.74) is 5.43. The van der Waals surface area contributed by atoms with Crippen LogP contribution in [0.2, 0.25) is 0 Å². The highest BCUT2D eigenvalue weighted by Gasteiger charge is 2.28. The van der Waals surface area contributed by atoms with E-state index in [0.717, 1.165) is 61.2 Å². The van der Waals surface area contributed by atoms with Crippen molar-refractivity contribution in [2.45, 2.75) is 46.9 Å². The molecule has 2 fully saturated rings. The van der Waals surface area contributed by atoms with Gasteiger partial charge in [0, 0.05) is 26.2 Å². The highest BCUT2D eigenvalue weighted by molar-refractivity contribution is 9.11. The van der Waals surface area contributed by atoms with Gasteiger partial charge in [-0.3, -0.25) is 0 Å². The fourth-order valence-corrected chi connectivity index (χ4v) is 9.28. The normalized spacial score (nSPS) is 19.2. The molecule has 2 aliphatic heterocycles. The molecular weight excluding hydrogens is 534 g/mol. The van der Waals surface area contributed by atoms with Gasteiger partial charge >= 0.3 is 0 Å². The van der Waals surface area contributed by atoms with Crippen molar-refractivity contribution in [3.8, 4) is 0 Å². The number of aromatic nitrogens is 2. The van der Waals surface area contributed by atoms with Crippen LogP contribution in [0.25, 0.3) is 0 Å². The van der Waals surface area contributed by atoms with Crippen molar-refractivity contribution in [1.29, 1.82) is 0 Å². The first-order chi connectivity index (χ1) is 14.2. The molecule has 0 aliphatic carbocycles. The molecule has 2 aromatic heterocycles. The number of nitrogen functional groups attached to an aromatic ring is 1. The average molecular weight is 559 g/mol. The van der Waals surface area contributed by atoms with E-state index in [9.17, 15) is 16.8 Å². The summed E-state index contributed by atoms with van der Waals surface area (Å²) in [7, 11) is -6.61. The molecule has 0 unspecified atom stereocenters. The number of thiazole rings is 2. The predicted octanol–water partition coefficient (Wildman–Crippen LogP) is 2.98. The number of piperidine rings is 2. The minimum atomic E-state index is -3.33. The van der Waals surface area contributed by atoms with Gasteiger partial charge in [-0.05, 0) is 41.6 Å². The standard InChI is InChI=1S/C8H11BrN2O2S2.C8H13N3O2S2/c2*9-8-10-6-7(14-8)15(12,13)11-4-2-1-3-5-11/h6H,1-5H2;6H,1-5H2,(H2,9,10). The smallest absolute Gasteiger partial charge is 0.254 e. The molecule has 9 nitrogen and oxygen atoms in total. The molecule has 0 atom stereocenters.